The Labute approximate surface area is 196 Å². The highest BCUT2D eigenvalue weighted by Crippen LogP contribution is 2.40. The van der Waals surface area contributed by atoms with Gasteiger partial charge in [-0.3, -0.25) is 15.1 Å². The van der Waals surface area contributed by atoms with Crippen molar-refractivity contribution in [2.75, 3.05) is 0 Å². The largest absolute Gasteiger partial charge is 0.352 e. The molecule has 0 saturated carbocycles. The summed E-state index contributed by atoms with van der Waals surface area (Å²) in [5, 5.41) is 15.2. The quantitative estimate of drug-likeness (QED) is 0.252. The van der Waals surface area contributed by atoms with Crippen molar-refractivity contribution < 1.29 is 4.92 Å². The lowest BCUT2D eigenvalue weighted by molar-refractivity contribution is -0.384. The highest BCUT2D eigenvalue weighted by atomic mass is 32.1. The standard InChI is InChI=1S/C25H21N5O2S/c31-30(32)20-13-11-19(12-14-20)28-16-6-10-22(28)24-23(21-9-4-5-15-26-21)27-25(33)29(24)17-18-7-2-1-3-8-18/h1-16,23-24H,17H2,(H,27,33). The topological polar surface area (TPSA) is 76.2 Å². The Balaban J connectivity index is 1.58. The smallest absolute Gasteiger partial charge is 0.269 e. The number of hydrogen-bond donors (Lipinski definition) is 1. The zero-order valence-electron chi connectivity index (χ0n) is 17.6. The lowest BCUT2D eigenvalue weighted by atomic mass is 10.0. The molecule has 0 bridgehead atoms. The molecule has 7 nitrogen and oxygen atoms in total. The number of nitro benzene ring substituents is 1. The molecule has 0 spiro atoms. The number of hydrogen-bond acceptors (Lipinski definition) is 4. The first-order valence-corrected chi connectivity index (χ1v) is 11.0. The Morgan fingerprint density at radius 3 is 2.42 bits per heavy atom. The van der Waals surface area contributed by atoms with Gasteiger partial charge in [-0.1, -0.05) is 36.4 Å². The average molecular weight is 456 g/mol. The van der Waals surface area contributed by atoms with E-state index in [1.165, 1.54) is 12.1 Å². The first kappa shape index (κ1) is 20.8. The molecule has 1 N–H and O–H groups in total. The summed E-state index contributed by atoms with van der Waals surface area (Å²) in [6.07, 6.45) is 3.75. The number of non-ortho nitro benzene ring substituents is 1. The summed E-state index contributed by atoms with van der Waals surface area (Å²) in [5.41, 5.74) is 3.98. The van der Waals surface area contributed by atoms with Gasteiger partial charge in [0, 0.05) is 42.5 Å². The summed E-state index contributed by atoms with van der Waals surface area (Å²) in [6, 6.07) is 26.4. The van der Waals surface area contributed by atoms with E-state index in [4.69, 9.17) is 12.2 Å². The van der Waals surface area contributed by atoms with E-state index < -0.39 is 4.92 Å². The van der Waals surface area contributed by atoms with Gasteiger partial charge in [0.1, 0.15) is 0 Å². The molecular weight excluding hydrogens is 434 g/mol. The Kier molecular flexibility index (Phi) is 5.58. The fraction of sp³-hybridized carbons (Fsp3) is 0.120. The number of nitrogens with one attached hydrogen (secondary N) is 1. The highest BCUT2D eigenvalue weighted by molar-refractivity contribution is 7.80. The predicted molar refractivity (Wildman–Crippen MR) is 130 cm³/mol. The number of aromatic nitrogens is 2. The molecule has 5 rings (SSSR count). The van der Waals surface area contributed by atoms with Gasteiger partial charge in [0.2, 0.25) is 0 Å². The molecule has 164 valence electrons. The molecule has 3 heterocycles. The van der Waals surface area contributed by atoms with E-state index in [1.54, 1.807) is 18.3 Å². The van der Waals surface area contributed by atoms with E-state index in [9.17, 15) is 10.1 Å². The van der Waals surface area contributed by atoms with Gasteiger partial charge in [0.25, 0.3) is 5.69 Å². The number of nitro groups is 1. The fourth-order valence-corrected chi connectivity index (χ4v) is 4.59. The van der Waals surface area contributed by atoms with Crippen LogP contribution in [0.1, 0.15) is 29.0 Å². The molecule has 2 atom stereocenters. The Morgan fingerprint density at radius 1 is 0.970 bits per heavy atom. The van der Waals surface area contributed by atoms with E-state index in [0.29, 0.717) is 11.7 Å². The van der Waals surface area contributed by atoms with Gasteiger partial charge >= 0.3 is 0 Å². The van der Waals surface area contributed by atoms with Crippen LogP contribution in [-0.2, 0) is 6.54 Å². The molecule has 1 aliphatic heterocycles. The van der Waals surface area contributed by atoms with Crippen molar-refractivity contribution in [2.24, 2.45) is 0 Å². The third-order valence-corrected chi connectivity index (χ3v) is 6.17. The summed E-state index contributed by atoms with van der Waals surface area (Å²) in [4.78, 5) is 17.5. The Bertz CT molecular complexity index is 1280. The van der Waals surface area contributed by atoms with Gasteiger partial charge in [-0.15, -0.1) is 0 Å². The zero-order valence-corrected chi connectivity index (χ0v) is 18.4. The molecule has 33 heavy (non-hydrogen) atoms. The molecule has 1 aliphatic rings. The van der Waals surface area contributed by atoms with Crippen molar-refractivity contribution >= 4 is 23.0 Å². The van der Waals surface area contributed by atoms with E-state index in [-0.39, 0.29) is 17.8 Å². The van der Waals surface area contributed by atoms with Gasteiger partial charge in [0.15, 0.2) is 5.11 Å². The summed E-state index contributed by atoms with van der Waals surface area (Å²) in [5.74, 6) is 0. The first-order chi connectivity index (χ1) is 16.1. The zero-order chi connectivity index (χ0) is 22.8. The van der Waals surface area contributed by atoms with Crippen LogP contribution < -0.4 is 5.32 Å². The highest BCUT2D eigenvalue weighted by Gasteiger charge is 2.41. The van der Waals surface area contributed by atoms with Gasteiger partial charge in [-0.25, -0.2) is 0 Å². The molecule has 1 fully saturated rings. The maximum Gasteiger partial charge on any atom is 0.269 e. The second kappa shape index (κ2) is 8.84. The van der Waals surface area contributed by atoms with Crippen LogP contribution in [0, 0.1) is 10.1 Å². The normalized spacial score (nSPS) is 17.7. The van der Waals surface area contributed by atoms with Crippen LogP contribution in [-0.4, -0.2) is 24.5 Å². The van der Waals surface area contributed by atoms with E-state index in [1.807, 2.05) is 48.7 Å². The first-order valence-electron chi connectivity index (χ1n) is 10.6. The maximum absolute atomic E-state index is 11.1. The van der Waals surface area contributed by atoms with Crippen molar-refractivity contribution in [3.8, 4) is 5.69 Å². The molecule has 0 amide bonds. The lowest BCUT2D eigenvalue weighted by Crippen LogP contribution is -2.30. The van der Waals surface area contributed by atoms with Crippen LogP contribution in [0.3, 0.4) is 0 Å². The van der Waals surface area contributed by atoms with Crippen LogP contribution in [0.25, 0.3) is 5.69 Å². The molecule has 2 aromatic heterocycles. The van der Waals surface area contributed by atoms with Crippen LogP contribution in [0.2, 0.25) is 0 Å². The average Bonchev–Trinajstić information content (AvgIpc) is 3.45. The number of pyridine rings is 1. The van der Waals surface area contributed by atoms with Gasteiger partial charge in [-0.05, 0) is 54.2 Å². The summed E-state index contributed by atoms with van der Waals surface area (Å²) in [7, 11) is 0. The lowest BCUT2D eigenvalue weighted by Gasteiger charge is -2.29. The minimum Gasteiger partial charge on any atom is -0.352 e. The van der Waals surface area contributed by atoms with Crippen molar-refractivity contribution in [3.63, 3.8) is 0 Å². The number of nitrogens with zero attached hydrogens (tertiary/aromatic N) is 4. The second-order valence-corrected chi connectivity index (χ2v) is 8.20. The monoisotopic (exact) mass is 455 g/mol. The second-order valence-electron chi connectivity index (χ2n) is 7.82. The van der Waals surface area contributed by atoms with Crippen LogP contribution in [0.15, 0.2) is 97.3 Å². The van der Waals surface area contributed by atoms with E-state index in [2.05, 4.69) is 38.0 Å². The van der Waals surface area contributed by atoms with Crippen molar-refractivity contribution in [2.45, 2.75) is 18.6 Å². The van der Waals surface area contributed by atoms with Crippen LogP contribution >= 0.6 is 12.2 Å². The molecule has 0 aliphatic carbocycles. The maximum atomic E-state index is 11.1. The molecule has 0 radical (unpaired) electrons. The molecule has 2 aromatic carbocycles. The van der Waals surface area contributed by atoms with Crippen molar-refractivity contribution in [1.29, 1.82) is 0 Å². The number of rotatable bonds is 6. The van der Waals surface area contributed by atoms with Crippen LogP contribution in [0.4, 0.5) is 5.69 Å². The number of benzene rings is 2. The third kappa shape index (κ3) is 4.08. The van der Waals surface area contributed by atoms with Crippen LogP contribution in [0.5, 0.6) is 0 Å². The van der Waals surface area contributed by atoms with Crippen molar-refractivity contribution in [3.05, 3.63) is 124 Å². The third-order valence-electron chi connectivity index (χ3n) is 5.82. The minimum atomic E-state index is -0.391. The van der Waals surface area contributed by atoms with Crippen molar-refractivity contribution in [1.82, 2.24) is 19.8 Å². The number of thiocarbonyl (C=S) groups is 1. The predicted octanol–water partition coefficient (Wildman–Crippen LogP) is 4.95. The SMILES string of the molecule is O=[N+]([O-])c1ccc(-n2cccc2C2C(c3ccccn3)NC(=S)N2Cc2ccccc2)cc1. The Morgan fingerprint density at radius 2 is 1.73 bits per heavy atom. The van der Waals surface area contributed by atoms with E-state index in [0.717, 1.165) is 22.6 Å². The summed E-state index contributed by atoms with van der Waals surface area (Å²) >= 11 is 5.78. The van der Waals surface area contributed by atoms with Gasteiger partial charge in [-0.2, -0.15) is 0 Å². The molecule has 1 saturated heterocycles. The Hall–Kier alpha value is -4.04. The van der Waals surface area contributed by atoms with E-state index >= 15 is 0 Å². The minimum absolute atomic E-state index is 0.0632. The summed E-state index contributed by atoms with van der Waals surface area (Å²) < 4.78 is 2.05. The van der Waals surface area contributed by atoms with Gasteiger partial charge in [0.05, 0.1) is 22.7 Å². The van der Waals surface area contributed by atoms with Gasteiger partial charge < -0.3 is 14.8 Å². The molecular formula is C25H21N5O2S. The summed E-state index contributed by atoms with van der Waals surface area (Å²) in [6.45, 7) is 0.645. The molecule has 4 aromatic rings. The molecule has 8 heteroatoms. The molecule has 2 unspecified atom stereocenters. The fourth-order valence-electron chi connectivity index (χ4n) is 4.28.